The predicted molar refractivity (Wildman–Crippen MR) is 109 cm³/mol. The Kier molecular flexibility index (Phi) is 5.66. The lowest BCUT2D eigenvalue weighted by Crippen LogP contribution is -2.15. The van der Waals surface area contributed by atoms with Crippen molar-refractivity contribution in [3.8, 4) is 17.0 Å². The first-order chi connectivity index (χ1) is 13.0. The third-order valence-corrected chi connectivity index (χ3v) is 4.72. The molecule has 138 valence electrons. The van der Waals surface area contributed by atoms with Gasteiger partial charge >= 0.3 is 0 Å². The summed E-state index contributed by atoms with van der Waals surface area (Å²) in [4.78, 5) is 5.17. The highest BCUT2D eigenvalue weighted by molar-refractivity contribution is 7.07. The number of phenols is 1. The van der Waals surface area contributed by atoms with Crippen molar-refractivity contribution in [2.75, 3.05) is 6.54 Å². The van der Waals surface area contributed by atoms with Gasteiger partial charge in [0, 0.05) is 16.5 Å². The van der Waals surface area contributed by atoms with Crippen LogP contribution in [0.2, 0.25) is 0 Å². The molecular weight excluding hydrogens is 361 g/mol. The Labute approximate surface area is 161 Å². The Bertz CT molecular complexity index is 1080. The molecular formula is C21H20FN3OS. The monoisotopic (exact) mass is 381 g/mol. The van der Waals surface area contributed by atoms with Gasteiger partial charge in [0.1, 0.15) is 11.6 Å². The van der Waals surface area contributed by atoms with Gasteiger partial charge in [0.15, 0.2) is 0 Å². The van der Waals surface area contributed by atoms with Crippen LogP contribution in [0, 0.1) is 5.82 Å². The van der Waals surface area contributed by atoms with Crippen molar-refractivity contribution in [3.05, 3.63) is 82.2 Å². The average molecular weight is 381 g/mol. The third kappa shape index (κ3) is 4.23. The van der Waals surface area contributed by atoms with Crippen LogP contribution in [0.15, 0.2) is 76.2 Å². The van der Waals surface area contributed by atoms with Crippen LogP contribution in [0.25, 0.3) is 11.3 Å². The Morgan fingerprint density at radius 1 is 1.15 bits per heavy atom. The molecule has 4 nitrogen and oxygen atoms in total. The van der Waals surface area contributed by atoms with Crippen LogP contribution < -0.4 is 4.80 Å². The van der Waals surface area contributed by atoms with Gasteiger partial charge < -0.3 is 5.11 Å². The Morgan fingerprint density at radius 3 is 2.56 bits per heavy atom. The van der Waals surface area contributed by atoms with E-state index in [9.17, 15) is 9.50 Å². The molecule has 0 saturated carbocycles. The number of halogens is 1. The molecule has 0 atom stereocenters. The van der Waals surface area contributed by atoms with E-state index < -0.39 is 0 Å². The number of rotatable bonds is 5. The molecule has 0 aliphatic rings. The fraction of sp³-hybridized carbons (Fsp3) is 0.143. The lowest BCUT2D eigenvalue weighted by molar-refractivity contribution is 0.474. The Morgan fingerprint density at radius 2 is 1.85 bits per heavy atom. The van der Waals surface area contributed by atoms with E-state index in [0.29, 0.717) is 33.9 Å². The van der Waals surface area contributed by atoms with Gasteiger partial charge in [-0.05, 0) is 38.1 Å². The van der Waals surface area contributed by atoms with Gasteiger partial charge in [0.05, 0.1) is 18.0 Å². The summed E-state index contributed by atoms with van der Waals surface area (Å²) in [7, 11) is 0. The van der Waals surface area contributed by atoms with Gasteiger partial charge in [-0.15, -0.1) is 11.3 Å². The van der Waals surface area contributed by atoms with Crippen molar-refractivity contribution >= 4 is 17.0 Å². The van der Waals surface area contributed by atoms with E-state index in [1.807, 2.05) is 18.4 Å². The fourth-order valence-corrected chi connectivity index (χ4v) is 3.37. The molecule has 0 radical (unpaired) electrons. The number of hydrogen-bond acceptors (Lipinski definition) is 4. The first kappa shape index (κ1) is 18.8. The first-order valence-corrected chi connectivity index (χ1v) is 9.29. The van der Waals surface area contributed by atoms with E-state index in [1.54, 1.807) is 48.0 Å². The van der Waals surface area contributed by atoms with Crippen molar-refractivity contribution < 1.29 is 9.50 Å². The lowest BCUT2D eigenvalue weighted by Gasteiger charge is -2.08. The minimum Gasteiger partial charge on any atom is -0.507 e. The molecule has 1 N–H and O–H groups in total. The largest absolute Gasteiger partial charge is 0.507 e. The van der Waals surface area contributed by atoms with Crippen molar-refractivity contribution in [2.45, 2.75) is 13.8 Å². The average Bonchev–Trinajstić information content (AvgIpc) is 3.03. The van der Waals surface area contributed by atoms with Crippen LogP contribution >= 0.6 is 11.3 Å². The van der Waals surface area contributed by atoms with Gasteiger partial charge in [-0.1, -0.05) is 36.4 Å². The molecule has 0 aliphatic carbocycles. The molecule has 0 bridgehead atoms. The van der Waals surface area contributed by atoms with Crippen molar-refractivity contribution in [3.63, 3.8) is 0 Å². The van der Waals surface area contributed by atoms with Gasteiger partial charge in [-0.2, -0.15) is 5.10 Å². The molecule has 6 heteroatoms. The summed E-state index contributed by atoms with van der Waals surface area (Å²) < 4.78 is 16.0. The second kappa shape index (κ2) is 8.14. The van der Waals surface area contributed by atoms with Gasteiger partial charge in [0.2, 0.25) is 4.80 Å². The summed E-state index contributed by atoms with van der Waals surface area (Å²) in [6.07, 6.45) is 0. The molecule has 0 saturated heterocycles. The number of aromatic nitrogens is 1. The summed E-state index contributed by atoms with van der Waals surface area (Å²) >= 11 is 1.38. The highest BCUT2D eigenvalue weighted by Crippen LogP contribution is 2.24. The molecule has 0 aliphatic heterocycles. The van der Waals surface area contributed by atoms with Gasteiger partial charge in [-0.25, -0.2) is 9.07 Å². The highest BCUT2D eigenvalue weighted by atomic mass is 32.1. The molecule has 27 heavy (non-hydrogen) atoms. The number of para-hydroxylation sites is 1. The zero-order valence-corrected chi connectivity index (χ0v) is 16.0. The molecule has 0 fully saturated rings. The van der Waals surface area contributed by atoms with E-state index in [2.05, 4.69) is 16.7 Å². The smallest absolute Gasteiger partial charge is 0.206 e. The van der Waals surface area contributed by atoms with Crippen molar-refractivity contribution in [1.29, 1.82) is 0 Å². The first-order valence-electron chi connectivity index (χ1n) is 8.41. The minimum absolute atomic E-state index is 0.141. The SMILES string of the molecule is C=C(C)CN=c1scc(-c2ccccc2F)n1N=C(C)c1ccccc1O. The molecule has 0 spiro atoms. The second-order valence-electron chi connectivity index (χ2n) is 6.17. The van der Waals surface area contributed by atoms with Crippen LogP contribution in [-0.4, -0.2) is 22.0 Å². The third-order valence-electron chi connectivity index (χ3n) is 3.86. The summed E-state index contributed by atoms with van der Waals surface area (Å²) in [5.41, 5.74) is 3.18. The predicted octanol–water partition coefficient (Wildman–Crippen LogP) is 4.81. The summed E-state index contributed by atoms with van der Waals surface area (Å²) in [6, 6.07) is 13.5. The van der Waals surface area contributed by atoms with E-state index in [-0.39, 0.29) is 11.6 Å². The van der Waals surface area contributed by atoms with E-state index in [4.69, 9.17) is 0 Å². The van der Waals surface area contributed by atoms with Crippen LogP contribution in [0.3, 0.4) is 0 Å². The van der Waals surface area contributed by atoms with Crippen LogP contribution in [0.4, 0.5) is 4.39 Å². The number of aromatic hydroxyl groups is 1. The number of hydrogen-bond donors (Lipinski definition) is 1. The summed E-state index contributed by atoms with van der Waals surface area (Å²) in [6.45, 7) is 8.03. The summed E-state index contributed by atoms with van der Waals surface area (Å²) in [5, 5.41) is 16.6. The van der Waals surface area contributed by atoms with Crippen LogP contribution in [-0.2, 0) is 0 Å². The maximum atomic E-state index is 14.4. The maximum Gasteiger partial charge on any atom is 0.206 e. The Balaban J connectivity index is 2.20. The number of phenolic OH excluding ortho intramolecular Hbond substituents is 1. The van der Waals surface area contributed by atoms with Crippen molar-refractivity contribution in [1.82, 2.24) is 4.68 Å². The van der Waals surface area contributed by atoms with E-state index in [0.717, 1.165) is 5.57 Å². The zero-order chi connectivity index (χ0) is 19.4. The molecule has 3 rings (SSSR count). The molecule has 1 heterocycles. The highest BCUT2D eigenvalue weighted by Gasteiger charge is 2.13. The van der Waals surface area contributed by atoms with Crippen LogP contribution in [0.1, 0.15) is 19.4 Å². The number of thiazole rings is 1. The molecule has 0 amide bonds. The molecule has 1 aromatic heterocycles. The van der Waals surface area contributed by atoms with Crippen LogP contribution in [0.5, 0.6) is 5.75 Å². The lowest BCUT2D eigenvalue weighted by atomic mass is 10.1. The molecule has 3 aromatic rings. The minimum atomic E-state index is -0.328. The number of benzene rings is 2. The quantitative estimate of drug-likeness (QED) is 0.500. The topological polar surface area (TPSA) is 49.9 Å². The zero-order valence-electron chi connectivity index (χ0n) is 15.2. The van der Waals surface area contributed by atoms with Gasteiger partial charge in [-0.3, -0.25) is 4.99 Å². The maximum absolute atomic E-state index is 14.4. The second-order valence-corrected chi connectivity index (χ2v) is 7.01. The Hall–Kier alpha value is -2.99. The number of nitrogens with zero attached hydrogens (tertiary/aromatic N) is 3. The van der Waals surface area contributed by atoms with E-state index >= 15 is 0 Å². The van der Waals surface area contributed by atoms with Gasteiger partial charge in [0.25, 0.3) is 0 Å². The molecule has 2 aromatic carbocycles. The van der Waals surface area contributed by atoms with E-state index in [1.165, 1.54) is 17.4 Å². The van der Waals surface area contributed by atoms with Crippen molar-refractivity contribution in [2.24, 2.45) is 10.1 Å². The fourth-order valence-electron chi connectivity index (χ4n) is 2.54. The summed E-state index contributed by atoms with van der Waals surface area (Å²) in [5.74, 6) is -0.187. The normalized spacial score (nSPS) is 12.4. The standard InChI is InChI=1S/C21H20FN3OS/c1-14(2)12-23-21-25(24-15(3)16-8-5-7-11-20(16)26)19(13-27-21)17-9-4-6-10-18(17)22/h4-11,13,26H,1,12H2,2-3H3. The molecule has 0 unspecified atom stereocenters.